The van der Waals surface area contributed by atoms with Crippen LogP contribution in [0.2, 0.25) is 0 Å². The maximum absolute atomic E-state index is 11.3. The van der Waals surface area contributed by atoms with Crippen molar-refractivity contribution < 1.29 is 12.8 Å². The lowest BCUT2D eigenvalue weighted by Crippen LogP contribution is -2.01. The molecule has 2 heterocycles. The third-order valence-electron chi connectivity index (χ3n) is 2.86. The summed E-state index contributed by atoms with van der Waals surface area (Å²) in [6, 6.07) is 0. The number of rotatable bonds is 4. The molecule has 3 rings (SSSR count). The van der Waals surface area contributed by atoms with E-state index in [2.05, 4.69) is 10.1 Å². The van der Waals surface area contributed by atoms with E-state index in [1.807, 2.05) is 0 Å². The van der Waals surface area contributed by atoms with Gasteiger partial charge >= 0.3 is 0 Å². The molecule has 1 aliphatic rings. The molecule has 0 spiro atoms. The van der Waals surface area contributed by atoms with E-state index in [0.717, 1.165) is 30.7 Å². The first-order valence-corrected chi connectivity index (χ1v) is 7.58. The Hall–Kier alpha value is -1.63. The van der Waals surface area contributed by atoms with Crippen molar-refractivity contribution in [2.24, 2.45) is 0 Å². The van der Waals surface area contributed by atoms with Gasteiger partial charge in [0.1, 0.15) is 16.9 Å². The van der Waals surface area contributed by atoms with Crippen molar-refractivity contribution >= 4 is 9.84 Å². The number of nitrogens with zero attached hydrogens (tertiary/aromatic N) is 3. The summed E-state index contributed by atoms with van der Waals surface area (Å²) in [5, 5.41) is 4.00. The van der Waals surface area contributed by atoms with Crippen LogP contribution in [0.15, 0.2) is 28.0 Å². The Morgan fingerprint density at radius 1 is 1.50 bits per heavy atom. The topological polar surface area (TPSA) is 78.0 Å². The fraction of sp³-hybridized carbons (Fsp3) is 0.455. The Labute approximate surface area is 105 Å². The first kappa shape index (κ1) is 11.5. The summed E-state index contributed by atoms with van der Waals surface area (Å²) in [4.78, 5) is 4.58. The third kappa shape index (κ3) is 2.31. The molecule has 6 nitrogen and oxygen atoms in total. The van der Waals surface area contributed by atoms with Crippen molar-refractivity contribution in [1.29, 1.82) is 0 Å². The van der Waals surface area contributed by atoms with Gasteiger partial charge in [-0.1, -0.05) is 0 Å². The average molecular weight is 267 g/mol. The molecule has 2 aromatic heterocycles. The van der Waals surface area contributed by atoms with Gasteiger partial charge in [-0.15, -0.1) is 0 Å². The lowest BCUT2D eigenvalue weighted by atomic mass is 10.4. The summed E-state index contributed by atoms with van der Waals surface area (Å²) < 4.78 is 29.5. The van der Waals surface area contributed by atoms with E-state index in [4.69, 9.17) is 4.42 Å². The zero-order chi connectivity index (χ0) is 12.8. The monoisotopic (exact) mass is 267 g/mol. The van der Waals surface area contributed by atoms with Crippen LogP contribution in [0.5, 0.6) is 0 Å². The fourth-order valence-electron chi connectivity index (χ4n) is 1.70. The predicted octanol–water partition coefficient (Wildman–Crippen LogP) is 1.20. The Morgan fingerprint density at radius 3 is 2.89 bits per heavy atom. The lowest BCUT2D eigenvalue weighted by Gasteiger charge is -1.95. The maximum atomic E-state index is 11.3. The van der Waals surface area contributed by atoms with Gasteiger partial charge in [0, 0.05) is 18.4 Å². The molecular weight excluding hydrogens is 254 g/mol. The van der Waals surface area contributed by atoms with E-state index >= 15 is 0 Å². The average Bonchev–Trinajstić information content (AvgIpc) is 2.85. The van der Waals surface area contributed by atoms with Crippen molar-refractivity contribution in [3.63, 3.8) is 0 Å². The zero-order valence-corrected chi connectivity index (χ0v) is 10.7. The third-order valence-corrected chi connectivity index (χ3v) is 3.92. The van der Waals surface area contributed by atoms with Crippen LogP contribution in [-0.4, -0.2) is 29.4 Å². The van der Waals surface area contributed by atoms with Gasteiger partial charge < -0.3 is 4.42 Å². The van der Waals surface area contributed by atoms with Crippen LogP contribution in [0.4, 0.5) is 0 Å². The van der Waals surface area contributed by atoms with Gasteiger partial charge in [0.15, 0.2) is 15.7 Å². The van der Waals surface area contributed by atoms with Crippen LogP contribution in [0.25, 0.3) is 0 Å². The number of aromatic nitrogens is 3. The van der Waals surface area contributed by atoms with E-state index in [1.54, 1.807) is 10.9 Å². The SMILES string of the molecule is CS(=O)(=O)c1cnn(Cc2coc(C3CC3)n2)c1. The van der Waals surface area contributed by atoms with Crippen molar-refractivity contribution in [2.75, 3.05) is 6.26 Å². The smallest absolute Gasteiger partial charge is 0.197 e. The quantitative estimate of drug-likeness (QED) is 0.831. The Bertz CT molecular complexity index is 667. The molecule has 0 unspecified atom stereocenters. The molecule has 0 bridgehead atoms. The molecule has 0 saturated heterocycles. The van der Waals surface area contributed by atoms with Gasteiger partial charge in [-0.25, -0.2) is 13.4 Å². The molecule has 0 radical (unpaired) electrons. The van der Waals surface area contributed by atoms with Crippen LogP contribution in [0.3, 0.4) is 0 Å². The minimum Gasteiger partial charge on any atom is -0.448 e. The van der Waals surface area contributed by atoms with E-state index in [0.29, 0.717) is 12.5 Å². The van der Waals surface area contributed by atoms with Gasteiger partial charge in [-0.05, 0) is 12.8 Å². The molecule has 0 N–H and O–H groups in total. The molecule has 2 aromatic rings. The first-order valence-electron chi connectivity index (χ1n) is 5.69. The molecule has 0 amide bonds. The van der Waals surface area contributed by atoms with Crippen molar-refractivity contribution in [1.82, 2.24) is 14.8 Å². The molecule has 18 heavy (non-hydrogen) atoms. The van der Waals surface area contributed by atoms with Gasteiger partial charge in [0.25, 0.3) is 0 Å². The molecule has 0 aromatic carbocycles. The Balaban J connectivity index is 1.77. The summed E-state index contributed by atoms with van der Waals surface area (Å²) in [6.07, 6.45) is 7.89. The van der Waals surface area contributed by atoms with E-state index in [-0.39, 0.29) is 4.90 Å². The summed E-state index contributed by atoms with van der Waals surface area (Å²) in [5.41, 5.74) is 0.764. The van der Waals surface area contributed by atoms with Crippen LogP contribution >= 0.6 is 0 Å². The molecule has 96 valence electrons. The van der Waals surface area contributed by atoms with E-state index < -0.39 is 9.84 Å². The second kappa shape index (κ2) is 3.94. The van der Waals surface area contributed by atoms with Gasteiger partial charge in [-0.3, -0.25) is 4.68 Å². The van der Waals surface area contributed by atoms with Crippen LogP contribution in [0, 0.1) is 0 Å². The molecule has 1 fully saturated rings. The van der Waals surface area contributed by atoms with Crippen LogP contribution < -0.4 is 0 Å². The molecule has 0 atom stereocenters. The summed E-state index contributed by atoms with van der Waals surface area (Å²) in [6.45, 7) is 0.422. The van der Waals surface area contributed by atoms with E-state index in [1.165, 1.54) is 12.4 Å². The largest absolute Gasteiger partial charge is 0.448 e. The molecule has 1 aliphatic carbocycles. The van der Waals surface area contributed by atoms with Gasteiger partial charge in [0.05, 0.1) is 12.7 Å². The Morgan fingerprint density at radius 2 is 2.28 bits per heavy atom. The van der Waals surface area contributed by atoms with Gasteiger partial charge in [-0.2, -0.15) is 5.10 Å². The highest BCUT2D eigenvalue weighted by Crippen LogP contribution is 2.39. The molecule has 0 aliphatic heterocycles. The number of hydrogen-bond donors (Lipinski definition) is 0. The highest BCUT2D eigenvalue weighted by atomic mass is 32.2. The minimum absolute atomic E-state index is 0.216. The molecule has 7 heteroatoms. The zero-order valence-electron chi connectivity index (χ0n) is 9.91. The molecular formula is C11H13N3O3S. The van der Waals surface area contributed by atoms with Crippen LogP contribution in [-0.2, 0) is 16.4 Å². The number of sulfone groups is 1. The van der Waals surface area contributed by atoms with Crippen molar-refractivity contribution in [3.8, 4) is 0 Å². The lowest BCUT2D eigenvalue weighted by molar-refractivity contribution is 0.496. The highest BCUT2D eigenvalue weighted by molar-refractivity contribution is 7.90. The minimum atomic E-state index is -3.20. The van der Waals surface area contributed by atoms with Crippen molar-refractivity contribution in [2.45, 2.75) is 30.2 Å². The Kier molecular flexibility index (Phi) is 2.51. The number of hydrogen-bond acceptors (Lipinski definition) is 5. The first-order chi connectivity index (χ1) is 8.52. The normalized spacial score (nSPS) is 16.1. The van der Waals surface area contributed by atoms with Crippen molar-refractivity contribution in [3.05, 3.63) is 30.2 Å². The maximum Gasteiger partial charge on any atom is 0.197 e. The second-order valence-electron chi connectivity index (χ2n) is 4.60. The summed E-state index contributed by atoms with van der Waals surface area (Å²) in [5.74, 6) is 1.25. The number of oxazole rings is 1. The van der Waals surface area contributed by atoms with Crippen LogP contribution in [0.1, 0.15) is 30.3 Å². The summed E-state index contributed by atoms with van der Waals surface area (Å²) in [7, 11) is -3.20. The van der Waals surface area contributed by atoms with E-state index in [9.17, 15) is 8.42 Å². The fourth-order valence-corrected chi connectivity index (χ4v) is 2.25. The standard InChI is InChI=1S/C11H13N3O3S/c1-18(15,16)10-4-12-14(6-10)5-9-7-17-11(13-9)8-2-3-8/h4,6-8H,2-3,5H2,1H3. The highest BCUT2D eigenvalue weighted by Gasteiger charge is 2.28. The predicted molar refractivity (Wildman–Crippen MR) is 62.9 cm³/mol. The molecule has 1 saturated carbocycles. The van der Waals surface area contributed by atoms with Gasteiger partial charge in [0.2, 0.25) is 0 Å². The summed E-state index contributed by atoms with van der Waals surface area (Å²) >= 11 is 0. The second-order valence-corrected chi connectivity index (χ2v) is 6.61.